The summed E-state index contributed by atoms with van der Waals surface area (Å²) in [5, 5.41) is 5.97. The van der Waals surface area contributed by atoms with Gasteiger partial charge < -0.3 is 24.8 Å². The van der Waals surface area contributed by atoms with Gasteiger partial charge in [-0.25, -0.2) is 0 Å². The van der Waals surface area contributed by atoms with Crippen molar-refractivity contribution in [3.8, 4) is 17.2 Å². The van der Waals surface area contributed by atoms with Crippen LogP contribution in [0.2, 0.25) is 0 Å². The average molecular weight is 428 g/mol. The van der Waals surface area contributed by atoms with Crippen molar-refractivity contribution in [2.24, 2.45) is 0 Å². The Kier molecular flexibility index (Phi) is 7.72. The molecular weight excluding hydrogens is 398 g/mol. The fourth-order valence-corrected chi connectivity index (χ4v) is 3.64. The van der Waals surface area contributed by atoms with E-state index in [9.17, 15) is 9.59 Å². The molecule has 0 radical (unpaired) electrons. The zero-order chi connectivity index (χ0) is 22.2. The van der Waals surface area contributed by atoms with Gasteiger partial charge in [-0.05, 0) is 37.1 Å². The Labute approximate surface area is 182 Å². The molecule has 166 valence electrons. The van der Waals surface area contributed by atoms with Gasteiger partial charge in [0, 0.05) is 30.4 Å². The topological polar surface area (TPSA) is 89.1 Å². The van der Waals surface area contributed by atoms with E-state index >= 15 is 0 Å². The Bertz CT molecular complexity index is 870. The highest BCUT2D eigenvalue weighted by molar-refractivity contribution is 5.96. The van der Waals surface area contributed by atoms with Crippen molar-refractivity contribution >= 4 is 17.5 Å². The van der Waals surface area contributed by atoms with Crippen LogP contribution in [-0.2, 0) is 4.79 Å². The molecule has 1 aliphatic heterocycles. The van der Waals surface area contributed by atoms with Crippen LogP contribution in [0.5, 0.6) is 17.2 Å². The number of ether oxygens (including phenoxy) is 3. The van der Waals surface area contributed by atoms with Crippen LogP contribution in [0.4, 0.5) is 5.69 Å². The molecule has 31 heavy (non-hydrogen) atoms. The number of carbonyl (C=O) groups is 2. The largest absolute Gasteiger partial charge is 0.493 e. The number of hydrogen-bond donors (Lipinski definition) is 2. The minimum atomic E-state index is -0.195. The standard InChI is InChI=1S/C23H29N3O5/c1-29-19-13-16(14-20(30-2)22(19)31-3)23(28)25-18-9-11-26(12-10-18)15-21(27)24-17-7-5-4-6-8-17/h4-8,13-14,18H,9-12,15H2,1-3H3,(H,24,27)(H,25,28). The summed E-state index contributed by atoms with van der Waals surface area (Å²) in [6.45, 7) is 1.81. The predicted molar refractivity (Wildman–Crippen MR) is 118 cm³/mol. The number of nitrogens with one attached hydrogen (secondary N) is 2. The molecule has 3 rings (SSSR count). The zero-order valence-electron chi connectivity index (χ0n) is 18.1. The van der Waals surface area contributed by atoms with E-state index < -0.39 is 0 Å². The lowest BCUT2D eigenvalue weighted by molar-refractivity contribution is -0.117. The first kappa shape index (κ1) is 22.4. The SMILES string of the molecule is COc1cc(C(=O)NC2CCN(CC(=O)Nc3ccccc3)CC2)cc(OC)c1OC. The summed E-state index contributed by atoms with van der Waals surface area (Å²) in [5.74, 6) is 1.09. The van der Waals surface area contributed by atoms with Crippen LogP contribution in [0.1, 0.15) is 23.2 Å². The van der Waals surface area contributed by atoms with Crippen molar-refractivity contribution in [2.45, 2.75) is 18.9 Å². The van der Waals surface area contributed by atoms with Crippen molar-refractivity contribution in [1.82, 2.24) is 10.2 Å². The summed E-state index contributed by atoms with van der Waals surface area (Å²) in [5.41, 5.74) is 1.24. The molecule has 2 aromatic carbocycles. The normalized spacial score (nSPS) is 14.5. The average Bonchev–Trinajstić information content (AvgIpc) is 2.79. The molecule has 0 spiro atoms. The highest BCUT2D eigenvalue weighted by atomic mass is 16.5. The van der Waals surface area contributed by atoms with Gasteiger partial charge in [0.25, 0.3) is 5.91 Å². The lowest BCUT2D eigenvalue weighted by Gasteiger charge is -2.31. The van der Waals surface area contributed by atoms with E-state index in [0.29, 0.717) is 29.4 Å². The molecule has 2 aromatic rings. The third-order valence-corrected chi connectivity index (χ3v) is 5.27. The van der Waals surface area contributed by atoms with Crippen LogP contribution in [0.3, 0.4) is 0 Å². The van der Waals surface area contributed by atoms with Crippen molar-refractivity contribution in [1.29, 1.82) is 0 Å². The number of hydrogen-bond acceptors (Lipinski definition) is 6. The van der Waals surface area contributed by atoms with Gasteiger partial charge in [-0.15, -0.1) is 0 Å². The van der Waals surface area contributed by atoms with Gasteiger partial charge in [0.05, 0.1) is 27.9 Å². The number of amides is 2. The minimum absolute atomic E-state index is 0.0360. The Morgan fingerprint density at radius 3 is 2.13 bits per heavy atom. The van der Waals surface area contributed by atoms with Crippen LogP contribution in [0.15, 0.2) is 42.5 Å². The van der Waals surface area contributed by atoms with Crippen molar-refractivity contribution in [3.63, 3.8) is 0 Å². The van der Waals surface area contributed by atoms with Gasteiger partial charge in [0.2, 0.25) is 11.7 Å². The van der Waals surface area contributed by atoms with Crippen LogP contribution in [0, 0.1) is 0 Å². The van der Waals surface area contributed by atoms with Crippen LogP contribution in [0.25, 0.3) is 0 Å². The monoisotopic (exact) mass is 427 g/mol. The number of likely N-dealkylation sites (tertiary alicyclic amines) is 1. The van der Waals surface area contributed by atoms with E-state index in [0.717, 1.165) is 31.6 Å². The molecule has 0 unspecified atom stereocenters. The molecule has 1 aliphatic rings. The second-order valence-electron chi connectivity index (χ2n) is 7.35. The van der Waals surface area contributed by atoms with Gasteiger partial charge >= 0.3 is 0 Å². The third kappa shape index (κ3) is 5.88. The number of piperidine rings is 1. The molecule has 0 saturated carbocycles. The molecular formula is C23H29N3O5. The summed E-state index contributed by atoms with van der Waals surface area (Å²) in [6.07, 6.45) is 1.55. The maximum absolute atomic E-state index is 12.8. The molecule has 0 aromatic heterocycles. The van der Waals surface area contributed by atoms with Gasteiger partial charge in [0.15, 0.2) is 11.5 Å². The number of para-hydroxylation sites is 1. The number of nitrogens with zero attached hydrogens (tertiary/aromatic N) is 1. The van der Waals surface area contributed by atoms with Crippen LogP contribution >= 0.6 is 0 Å². The van der Waals surface area contributed by atoms with Crippen molar-refractivity contribution < 1.29 is 23.8 Å². The highest BCUT2D eigenvalue weighted by Crippen LogP contribution is 2.38. The second kappa shape index (κ2) is 10.7. The smallest absolute Gasteiger partial charge is 0.251 e. The molecule has 1 heterocycles. The Morgan fingerprint density at radius 2 is 1.58 bits per heavy atom. The summed E-state index contributed by atoms with van der Waals surface area (Å²) in [6, 6.07) is 12.7. The van der Waals surface area contributed by atoms with Gasteiger partial charge in [0.1, 0.15) is 0 Å². The van der Waals surface area contributed by atoms with Gasteiger partial charge in [-0.3, -0.25) is 14.5 Å². The number of methoxy groups -OCH3 is 3. The molecule has 1 fully saturated rings. The first-order chi connectivity index (χ1) is 15.0. The molecule has 0 aliphatic carbocycles. The fraction of sp³-hybridized carbons (Fsp3) is 0.391. The maximum atomic E-state index is 12.8. The number of rotatable bonds is 8. The summed E-state index contributed by atoms with van der Waals surface area (Å²) in [4.78, 5) is 27.1. The second-order valence-corrected chi connectivity index (χ2v) is 7.35. The van der Waals surface area contributed by atoms with Gasteiger partial charge in [-0.1, -0.05) is 18.2 Å². The molecule has 8 nitrogen and oxygen atoms in total. The Balaban J connectivity index is 1.51. The molecule has 0 atom stereocenters. The molecule has 8 heteroatoms. The summed E-state index contributed by atoms with van der Waals surface area (Å²) >= 11 is 0. The van der Waals surface area contributed by atoms with E-state index in [-0.39, 0.29) is 17.9 Å². The predicted octanol–water partition coefficient (Wildman–Crippen LogP) is 2.55. The quantitative estimate of drug-likeness (QED) is 0.673. The Hall–Kier alpha value is -3.26. The molecule has 2 amide bonds. The number of carbonyl (C=O) groups excluding carboxylic acids is 2. The maximum Gasteiger partial charge on any atom is 0.251 e. The molecule has 0 bridgehead atoms. The van der Waals surface area contributed by atoms with Crippen molar-refractivity contribution in [2.75, 3.05) is 46.3 Å². The van der Waals surface area contributed by atoms with Crippen molar-refractivity contribution in [3.05, 3.63) is 48.0 Å². The zero-order valence-corrected chi connectivity index (χ0v) is 18.1. The first-order valence-electron chi connectivity index (χ1n) is 10.2. The summed E-state index contributed by atoms with van der Waals surface area (Å²) in [7, 11) is 4.55. The lowest BCUT2D eigenvalue weighted by Crippen LogP contribution is -2.46. The van der Waals surface area contributed by atoms with Crippen LogP contribution < -0.4 is 24.8 Å². The van der Waals surface area contributed by atoms with E-state index in [1.807, 2.05) is 30.3 Å². The first-order valence-corrected chi connectivity index (χ1v) is 10.2. The van der Waals surface area contributed by atoms with E-state index in [1.165, 1.54) is 21.3 Å². The van der Waals surface area contributed by atoms with E-state index in [2.05, 4.69) is 15.5 Å². The van der Waals surface area contributed by atoms with E-state index in [4.69, 9.17) is 14.2 Å². The van der Waals surface area contributed by atoms with Crippen LogP contribution in [-0.4, -0.2) is 63.7 Å². The lowest BCUT2D eigenvalue weighted by atomic mass is 10.0. The minimum Gasteiger partial charge on any atom is -0.493 e. The van der Waals surface area contributed by atoms with Gasteiger partial charge in [-0.2, -0.15) is 0 Å². The Morgan fingerprint density at radius 1 is 0.968 bits per heavy atom. The third-order valence-electron chi connectivity index (χ3n) is 5.27. The summed E-state index contributed by atoms with van der Waals surface area (Å²) < 4.78 is 16.0. The molecule has 1 saturated heterocycles. The number of benzene rings is 2. The van der Waals surface area contributed by atoms with E-state index in [1.54, 1.807) is 12.1 Å². The highest BCUT2D eigenvalue weighted by Gasteiger charge is 2.24. The fourth-order valence-electron chi connectivity index (χ4n) is 3.64. The molecule has 2 N–H and O–H groups in total. The number of anilines is 1.